The molecule has 0 fully saturated rings. The molecule has 0 aromatic heterocycles. The molecule has 0 saturated heterocycles. The summed E-state index contributed by atoms with van der Waals surface area (Å²) < 4.78 is 54.7. The summed E-state index contributed by atoms with van der Waals surface area (Å²) in [5.41, 5.74) is -5.38. The summed E-state index contributed by atoms with van der Waals surface area (Å²) in [4.78, 5) is 34.0. The van der Waals surface area contributed by atoms with E-state index < -0.39 is 52.0 Å². The maximum atomic E-state index is 13.9. The van der Waals surface area contributed by atoms with Crippen molar-refractivity contribution in [2.75, 3.05) is 6.26 Å². The third kappa shape index (κ3) is 5.01. The van der Waals surface area contributed by atoms with Gasteiger partial charge in [-0.05, 0) is 12.8 Å². The van der Waals surface area contributed by atoms with Crippen LogP contribution in [0, 0.1) is 5.41 Å². The van der Waals surface area contributed by atoms with Gasteiger partial charge in [0.1, 0.15) is 0 Å². The van der Waals surface area contributed by atoms with E-state index >= 15 is 0 Å². The van der Waals surface area contributed by atoms with Crippen molar-refractivity contribution in [2.24, 2.45) is 5.41 Å². The smallest absolute Gasteiger partial charge is 0.336 e. The number of hydrogen-bond donors (Lipinski definition) is 3. The van der Waals surface area contributed by atoms with Crippen LogP contribution in [0.3, 0.4) is 0 Å². The number of halogens is 2. The quantitative estimate of drug-likeness (QED) is 0.229. The fourth-order valence-electron chi connectivity index (χ4n) is 3.24. The molecule has 12 heteroatoms. The van der Waals surface area contributed by atoms with Crippen LogP contribution in [0.1, 0.15) is 33.1 Å². The molecule has 0 aliphatic rings. The molecule has 0 aromatic rings. The van der Waals surface area contributed by atoms with Gasteiger partial charge in [-0.25, -0.2) is 18.4 Å². The number of aliphatic carboxylic acids is 2. The molecule has 3 N–H and O–H groups in total. The molecule has 0 radical (unpaired) electrons. The predicted molar refractivity (Wildman–Crippen MR) is 89.7 cm³/mol. The molecule has 1 amide bonds. The van der Waals surface area contributed by atoms with Crippen LogP contribution in [0.5, 0.6) is 0 Å². The van der Waals surface area contributed by atoms with Gasteiger partial charge in [0.25, 0.3) is 16.5 Å². The van der Waals surface area contributed by atoms with Gasteiger partial charge in [0.15, 0.2) is 6.10 Å². The Balaban J connectivity index is 6.38. The van der Waals surface area contributed by atoms with E-state index in [0.717, 1.165) is 0 Å². The minimum Gasteiger partial charge on any atom is -0.479 e. The van der Waals surface area contributed by atoms with E-state index in [4.69, 9.17) is 5.11 Å². The molecule has 0 saturated carbocycles. The molecular weight excluding hydrogens is 392 g/mol. The molecule has 2 unspecified atom stereocenters. The van der Waals surface area contributed by atoms with Crippen LogP contribution in [-0.2, 0) is 28.7 Å². The minimum absolute atomic E-state index is 0.185. The number of alkyl halides is 2. The van der Waals surface area contributed by atoms with Crippen molar-refractivity contribution in [2.45, 2.75) is 51.2 Å². The van der Waals surface area contributed by atoms with E-state index in [1.54, 1.807) is 5.32 Å². The van der Waals surface area contributed by atoms with Crippen LogP contribution >= 0.6 is 0 Å². The number of carboxylic acids is 2. The van der Waals surface area contributed by atoms with Crippen molar-refractivity contribution in [1.29, 1.82) is 0 Å². The molecule has 0 aliphatic heterocycles. The summed E-state index contributed by atoms with van der Waals surface area (Å²) >= 11 is 0. The van der Waals surface area contributed by atoms with Crippen molar-refractivity contribution in [3.8, 4) is 0 Å². The maximum absolute atomic E-state index is 13.9. The second-order valence-electron chi connectivity index (χ2n) is 5.90. The molecule has 0 heterocycles. The van der Waals surface area contributed by atoms with Crippen molar-refractivity contribution < 1.29 is 46.0 Å². The number of rotatable bonds is 13. The Morgan fingerprint density at radius 1 is 1.26 bits per heavy atom. The molecule has 0 spiro atoms. The standard InChI is InChI=1S/C15H23F2NO8S/c1-5-14(6-2,15(12(16)17,13(22)23)18-8-19)9(3)7-10(11(20)21)26-27(4,24)25/h8,10,12H,3,5-7H2,1-2,4H3,(H,18,19)(H,20,21)(H,22,23). The van der Waals surface area contributed by atoms with Crippen LogP contribution in [0.15, 0.2) is 12.2 Å². The highest BCUT2D eigenvalue weighted by Gasteiger charge is 2.62. The lowest BCUT2D eigenvalue weighted by atomic mass is 9.60. The van der Waals surface area contributed by atoms with Gasteiger partial charge >= 0.3 is 11.9 Å². The molecule has 9 nitrogen and oxygen atoms in total. The summed E-state index contributed by atoms with van der Waals surface area (Å²) in [6.45, 7) is 6.28. The first kappa shape index (κ1) is 24.9. The Labute approximate surface area is 155 Å². The highest BCUT2D eigenvalue weighted by molar-refractivity contribution is 7.86. The van der Waals surface area contributed by atoms with Crippen molar-refractivity contribution in [3.63, 3.8) is 0 Å². The third-order valence-corrected chi connectivity index (χ3v) is 5.17. The Morgan fingerprint density at radius 3 is 2.00 bits per heavy atom. The van der Waals surface area contributed by atoms with Gasteiger partial charge in [0, 0.05) is 11.8 Å². The fourth-order valence-corrected chi connectivity index (χ4v) is 3.81. The lowest BCUT2D eigenvalue weighted by Crippen LogP contribution is -2.68. The predicted octanol–water partition coefficient (Wildman–Crippen LogP) is 1.00. The third-order valence-electron chi connectivity index (χ3n) is 4.59. The van der Waals surface area contributed by atoms with E-state index in [0.29, 0.717) is 6.26 Å². The summed E-state index contributed by atoms with van der Waals surface area (Å²) in [5, 5.41) is 20.3. The zero-order chi connectivity index (χ0) is 21.6. The number of carbonyl (C=O) groups excluding carboxylic acids is 1. The van der Waals surface area contributed by atoms with Crippen molar-refractivity contribution >= 4 is 28.5 Å². The molecule has 27 heavy (non-hydrogen) atoms. The first-order valence-corrected chi connectivity index (χ1v) is 9.59. The maximum Gasteiger partial charge on any atom is 0.336 e. The lowest BCUT2D eigenvalue weighted by molar-refractivity contribution is -0.164. The van der Waals surface area contributed by atoms with Gasteiger partial charge in [-0.3, -0.25) is 8.98 Å². The zero-order valence-electron chi connectivity index (χ0n) is 15.1. The molecule has 0 aromatic carbocycles. The zero-order valence-corrected chi connectivity index (χ0v) is 15.9. The Hall–Kier alpha value is -2.08. The largest absolute Gasteiger partial charge is 0.479 e. The lowest BCUT2D eigenvalue weighted by Gasteiger charge is -2.48. The Bertz CT molecular complexity index is 690. The van der Waals surface area contributed by atoms with Crippen molar-refractivity contribution in [1.82, 2.24) is 5.32 Å². The Kier molecular flexibility index (Phi) is 8.51. The van der Waals surface area contributed by atoms with Gasteiger partial charge in [-0.1, -0.05) is 26.0 Å². The van der Waals surface area contributed by atoms with Gasteiger partial charge in [0.05, 0.1) is 6.26 Å². The fraction of sp³-hybridized carbons (Fsp3) is 0.667. The first-order valence-electron chi connectivity index (χ1n) is 7.77. The normalized spacial score (nSPS) is 15.6. The first-order chi connectivity index (χ1) is 12.3. The van der Waals surface area contributed by atoms with Gasteiger partial charge in [-0.2, -0.15) is 8.42 Å². The number of hydrogen-bond acceptors (Lipinski definition) is 6. The van der Waals surface area contributed by atoms with Crippen LogP contribution in [0.4, 0.5) is 8.78 Å². The van der Waals surface area contributed by atoms with E-state index in [2.05, 4.69) is 10.8 Å². The topological polar surface area (TPSA) is 147 Å². The highest BCUT2D eigenvalue weighted by Crippen LogP contribution is 2.49. The van der Waals surface area contributed by atoms with Crippen LogP contribution in [-0.4, -0.2) is 61.3 Å². The van der Waals surface area contributed by atoms with Gasteiger partial charge in [-0.15, -0.1) is 0 Å². The molecular formula is C15H23F2NO8S. The summed E-state index contributed by atoms with van der Waals surface area (Å²) in [6, 6.07) is 0. The van der Waals surface area contributed by atoms with Crippen LogP contribution in [0.25, 0.3) is 0 Å². The highest BCUT2D eigenvalue weighted by atomic mass is 32.2. The van der Waals surface area contributed by atoms with E-state index in [9.17, 15) is 36.7 Å². The minimum atomic E-state index is -4.21. The number of carboxylic acid groups (broad SMARTS) is 2. The molecule has 0 aliphatic carbocycles. The molecule has 156 valence electrons. The summed E-state index contributed by atoms with van der Waals surface area (Å²) in [5.74, 6) is -3.74. The number of amides is 1. The van der Waals surface area contributed by atoms with Gasteiger partial charge < -0.3 is 15.5 Å². The van der Waals surface area contributed by atoms with Gasteiger partial charge in [0.2, 0.25) is 11.9 Å². The van der Waals surface area contributed by atoms with E-state index in [-0.39, 0.29) is 24.8 Å². The Morgan fingerprint density at radius 2 is 1.74 bits per heavy atom. The second kappa shape index (κ2) is 9.22. The summed E-state index contributed by atoms with van der Waals surface area (Å²) in [7, 11) is -4.21. The van der Waals surface area contributed by atoms with Crippen LogP contribution < -0.4 is 5.32 Å². The SMILES string of the molecule is C=C(CC(OS(C)(=O)=O)C(=O)O)C(CC)(CC)C(NC=O)(C(=O)O)C(F)F. The molecule has 0 bridgehead atoms. The summed E-state index contributed by atoms with van der Waals surface area (Å²) in [6.07, 6.45) is -6.42. The molecule has 0 rings (SSSR count). The monoisotopic (exact) mass is 415 g/mol. The molecule has 2 atom stereocenters. The van der Waals surface area contributed by atoms with E-state index in [1.165, 1.54) is 13.8 Å². The second-order valence-corrected chi connectivity index (χ2v) is 7.50. The van der Waals surface area contributed by atoms with Crippen LogP contribution in [0.2, 0.25) is 0 Å². The van der Waals surface area contributed by atoms with E-state index in [1.807, 2.05) is 0 Å². The average Bonchev–Trinajstić information content (AvgIpc) is 2.52. The number of nitrogens with one attached hydrogen (secondary N) is 1. The average molecular weight is 415 g/mol. The number of carbonyl (C=O) groups is 3. The van der Waals surface area contributed by atoms with Crippen molar-refractivity contribution in [3.05, 3.63) is 12.2 Å².